The van der Waals surface area contributed by atoms with Gasteiger partial charge in [-0.05, 0) is 27.7 Å². The highest BCUT2D eigenvalue weighted by atomic mass is 16.5. The van der Waals surface area contributed by atoms with Crippen molar-refractivity contribution in [3.63, 3.8) is 0 Å². The molecular weight excluding hydrogens is 472 g/mol. The summed E-state index contributed by atoms with van der Waals surface area (Å²) < 4.78 is 11.6. The SMILES string of the molecule is COC(=O)c1nc(-n2c(-c3ccccc3)nnc2-c2ccc(C)cc2)nc(NC(C)(C)C)c1C(=O)OC. The van der Waals surface area contributed by atoms with E-state index in [-0.39, 0.29) is 23.0 Å². The number of carbonyl (C=O) groups is 2. The highest BCUT2D eigenvalue weighted by Crippen LogP contribution is 2.30. The second-order valence-corrected chi connectivity index (χ2v) is 9.37. The molecule has 0 saturated carbocycles. The van der Waals surface area contributed by atoms with Crippen LogP contribution in [0.5, 0.6) is 0 Å². The molecule has 190 valence electrons. The van der Waals surface area contributed by atoms with Crippen LogP contribution < -0.4 is 5.32 Å². The Hall–Kier alpha value is -4.60. The van der Waals surface area contributed by atoms with Crippen molar-refractivity contribution in [2.45, 2.75) is 33.2 Å². The van der Waals surface area contributed by atoms with Gasteiger partial charge in [-0.1, -0.05) is 60.2 Å². The van der Waals surface area contributed by atoms with Gasteiger partial charge in [-0.15, -0.1) is 10.2 Å². The minimum atomic E-state index is -0.813. The van der Waals surface area contributed by atoms with E-state index in [0.29, 0.717) is 11.6 Å². The number of esters is 2. The van der Waals surface area contributed by atoms with Gasteiger partial charge in [-0.2, -0.15) is 4.98 Å². The molecule has 4 rings (SSSR count). The molecule has 37 heavy (non-hydrogen) atoms. The quantitative estimate of drug-likeness (QED) is 0.382. The first-order valence-corrected chi connectivity index (χ1v) is 11.6. The number of aromatic nitrogens is 5. The summed E-state index contributed by atoms with van der Waals surface area (Å²) in [4.78, 5) is 34.8. The van der Waals surface area contributed by atoms with Crippen LogP contribution in [0.4, 0.5) is 5.82 Å². The van der Waals surface area contributed by atoms with Crippen LogP contribution in [0.15, 0.2) is 54.6 Å². The first kappa shape index (κ1) is 25.5. The molecule has 1 N–H and O–H groups in total. The number of aryl methyl sites for hydroxylation is 1. The lowest BCUT2D eigenvalue weighted by Gasteiger charge is -2.24. The molecular formula is C27H28N6O4. The van der Waals surface area contributed by atoms with Crippen molar-refractivity contribution in [3.8, 4) is 28.7 Å². The van der Waals surface area contributed by atoms with Crippen LogP contribution in [0.1, 0.15) is 47.2 Å². The van der Waals surface area contributed by atoms with Crippen LogP contribution in [0.25, 0.3) is 28.7 Å². The average Bonchev–Trinajstić information content (AvgIpc) is 3.32. The smallest absolute Gasteiger partial charge is 0.357 e. The molecule has 0 amide bonds. The minimum absolute atomic E-state index is 0.0826. The summed E-state index contributed by atoms with van der Waals surface area (Å²) in [6.07, 6.45) is 0. The van der Waals surface area contributed by atoms with Gasteiger partial charge in [0.15, 0.2) is 17.3 Å². The highest BCUT2D eigenvalue weighted by Gasteiger charge is 2.31. The maximum Gasteiger partial charge on any atom is 0.357 e. The van der Waals surface area contributed by atoms with Crippen LogP contribution in [0.3, 0.4) is 0 Å². The number of hydrogen-bond acceptors (Lipinski definition) is 9. The van der Waals surface area contributed by atoms with E-state index < -0.39 is 17.5 Å². The van der Waals surface area contributed by atoms with Crippen molar-refractivity contribution < 1.29 is 19.1 Å². The molecule has 2 aromatic carbocycles. The molecule has 0 spiro atoms. The van der Waals surface area contributed by atoms with Crippen LogP contribution in [-0.2, 0) is 9.47 Å². The number of anilines is 1. The molecule has 0 aliphatic rings. The van der Waals surface area contributed by atoms with Crippen molar-refractivity contribution >= 4 is 17.8 Å². The number of methoxy groups -OCH3 is 2. The predicted molar refractivity (Wildman–Crippen MR) is 139 cm³/mol. The Bertz CT molecular complexity index is 1440. The lowest BCUT2D eigenvalue weighted by atomic mass is 10.1. The number of benzene rings is 2. The van der Waals surface area contributed by atoms with Gasteiger partial charge in [0.2, 0.25) is 5.95 Å². The Morgan fingerprint density at radius 1 is 0.811 bits per heavy atom. The van der Waals surface area contributed by atoms with Crippen LogP contribution in [-0.4, -0.2) is 56.4 Å². The number of nitrogens with one attached hydrogen (secondary N) is 1. The zero-order valence-corrected chi connectivity index (χ0v) is 21.6. The number of rotatable bonds is 6. The normalized spacial score (nSPS) is 11.2. The van der Waals surface area contributed by atoms with Gasteiger partial charge in [-0.3, -0.25) is 0 Å². The molecule has 0 fully saturated rings. The van der Waals surface area contributed by atoms with Crippen molar-refractivity contribution in [2.24, 2.45) is 0 Å². The fourth-order valence-electron chi connectivity index (χ4n) is 3.67. The molecule has 10 heteroatoms. The number of nitrogens with zero attached hydrogens (tertiary/aromatic N) is 5. The standard InChI is InChI=1S/C27H28N6O4/c1-16-12-14-18(15-13-16)23-32-31-22(17-10-8-7-9-11-17)33(23)26-28-20(25(35)37-6)19(24(34)36-5)21(29-26)30-27(2,3)4/h7-15H,1-6H3,(H,28,29,30). The van der Waals surface area contributed by atoms with Gasteiger partial charge in [0.25, 0.3) is 0 Å². The van der Waals surface area contributed by atoms with Crippen molar-refractivity contribution in [1.82, 2.24) is 24.7 Å². The molecule has 0 atom stereocenters. The van der Waals surface area contributed by atoms with Gasteiger partial charge < -0.3 is 14.8 Å². The molecule has 10 nitrogen and oxygen atoms in total. The van der Waals surface area contributed by atoms with Crippen LogP contribution >= 0.6 is 0 Å². The summed E-state index contributed by atoms with van der Waals surface area (Å²) in [6, 6.07) is 17.2. The van der Waals surface area contributed by atoms with Crippen molar-refractivity contribution in [3.05, 3.63) is 71.4 Å². The number of carbonyl (C=O) groups excluding carboxylic acids is 2. The van der Waals surface area contributed by atoms with Gasteiger partial charge in [-0.25, -0.2) is 19.1 Å². The van der Waals surface area contributed by atoms with E-state index in [4.69, 9.17) is 9.47 Å². The summed E-state index contributed by atoms with van der Waals surface area (Å²) in [5.41, 5.74) is 1.73. The molecule has 0 bridgehead atoms. The monoisotopic (exact) mass is 500 g/mol. The van der Waals surface area contributed by atoms with Gasteiger partial charge in [0, 0.05) is 16.7 Å². The van der Waals surface area contributed by atoms with E-state index >= 15 is 0 Å². The Kier molecular flexibility index (Phi) is 7.01. The summed E-state index contributed by atoms with van der Waals surface area (Å²) in [6.45, 7) is 7.70. The van der Waals surface area contributed by atoms with Crippen LogP contribution in [0, 0.1) is 6.92 Å². The topological polar surface area (TPSA) is 121 Å². The second kappa shape index (κ2) is 10.2. The third-order valence-electron chi connectivity index (χ3n) is 5.36. The maximum absolute atomic E-state index is 12.9. The Morgan fingerprint density at radius 3 is 1.92 bits per heavy atom. The van der Waals surface area contributed by atoms with Gasteiger partial charge in [0.1, 0.15) is 11.4 Å². The number of hydrogen-bond donors (Lipinski definition) is 1. The van der Waals surface area contributed by atoms with Crippen molar-refractivity contribution in [2.75, 3.05) is 19.5 Å². The second-order valence-electron chi connectivity index (χ2n) is 9.37. The lowest BCUT2D eigenvalue weighted by Crippen LogP contribution is -2.30. The summed E-state index contributed by atoms with van der Waals surface area (Å²) in [5, 5.41) is 12.1. The third kappa shape index (κ3) is 5.32. The van der Waals surface area contributed by atoms with Crippen LogP contribution in [0.2, 0.25) is 0 Å². The van der Waals surface area contributed by atoms with Crippen molar-refractivity contribution in [1.29, 1.82) is 0 Å². The Balaban J connectivity index is 2.07. The van der Waals surface area contributed by atoms with E-state index in [9.17, 15) is 9.59 Å². The molecule has 0 aliphatic heterocycles. The maximum atomic E-state index is 12.9. The van der Waals surface area contributed by atoms with Gasteiger partial charge >= 0.3 is 11.9 Å². The molecule has 2 aromatic heterocycles. The summed E-state index contributed by atoms with van der Waals surface area (Å²) in [7, 11) is 2.44. The zero-order valence-electron chi connectivity index (χ0n) is 21.6. The predicted octanol–water partition coefficient (Wildman–Crippen LogP) is 4.48. The molecule has 0 unspecified atom stereocenters. The lowest BCUT2D eigenvalue weighted by molar-refractivity contribution is 0.0550. The van der Waals surface area contributed by atoms with E-state index in [1.807, 2.05) is 82.3 Å². The van der Waals surface area contributed by atoms with E-state index in [0.717, 1.165) is 16.7 Å². The fourth-order valence-corrected chi connectivity index (χ4v) is 3.67. The Morgan fingerprint density at radius 2 is 1.38 bits per heavy atom. The zero-order chi connectivity index (χ0) is 26.7. The van der Waals surface area contributed by atoms with E-state index in [1.54, 1.807) is 4.57 Å². The molecule has 0 aliphatic carbocycles. The molecule has 0 radical (unpaired) electrons. The third-order valence-corrected chi connectivity index (χ3v) is 5.36. The summed E-state index contributed by atoms with van der Waals surface area (Å²) in [5.74, 6) is -0.468. The van der Waals surface area contributed by atoms with E-state index in [2.05, 4.69) is 25.5 Å². The molecule has 4 aromatic rings. The average molecular weight is 501 g/mol. The minimum Gasteiger partial charge on any atom is -0.465 e. The molecule has 0 saturated heterocycles. The molecule has 2 heterocycles. The number of ether oxygens (including phenoxy) is 2. The van der Waals surface area contributed by atoms with E-state index in [1.165, 1.54) is 14.2 Å². The largest absolute Gasteiger partial charge is 0.465 e. The fraction of sp³-hybridized carbons (Fsp3) is 0.259. The van der Waals surface area contributed by atoms with Gasteiger partial charge in [0.05, 0.1) is 14.2 Å². The first-order valence-electron chi connectivity index (χ1n) is 11.6. The summed E-state index contributed by atoms with van der Waals surface area (Å²) >= 11 is 0. The highest BCUT2D eigenvalue weighted by molar-refractivity contribution is 6.05. The Labute approximate surface area is 214 Å². The first-order chi connectivity index (χ1) is 17.6.